The van der Waals surface area contributed by atoms with E-state index in [9.17, 15) is 26.7 Å². The Morgan fingerprint density at radius 2 is 2.04 bits per heavy atom. The van der Waals surface area contributed by atoms with Crippen LogP contribution in [0.4, 0.5) is 22.0 Å². The minimum Gasteiger partial charge on any atom is -0.379 e. The van der Waals surface area contributed by atoms with E-state index in [-0.39, 0.29) is 22.8 Å². The van der Waals surface area contributed by atoms with Crippen LogP contribution in [0.5, 0.6) is 0 Å². The number of hydrogen-bond acceptors (Lipinski definition) is 4. The van der Waals surface area contributed by atoms with Crippen LogP contribution in [0.25, 0.3) is 0 Å². The van der Waals surface area contributed by atoms with Crippen LogP contribution in [0.1, 0.15) is 11.1 Å². The highest BCUT2D eigenvalue weighted by atomic mass is 32.2. The van der Waals surface area contributed by atoms with E-state index in [1.165, 1.54) is 13.0 Å². The molecule has 0 bridgehead atoms. The lowest BCUT2D eigenvalue weighted by molar-refractivity contribution is -0.151. The quantitative estimate of drug-likeness (QED) is 0.819. The first kappa shape index (κ1) is 17.5. The number of aliphatic imine (C=N–C) groups is 1. The van der Waals surface area contributed by atoms with E-state index in [2.05, 4.69) is 10.3 Å². The first-order valence-corrected chi connectivity index (χ1v) is 7.27. The minimum atomic E-state index is -4.70. The molecule has 0 spiro atoms. The van der Waals surface area contributed by atoms with Gasteiger partial charge in [-0.05, 0) is 24.1 Å². The second-order valence-electron chi connectivity index (χ2n) is 4.86. The van der Waals surface area contributed by atoms with Gasteiger partial charge in [0.2, 0.25) is 5.91 Å². The van der Waals surface area contributed by atoms with Crippen molar-refractivity contribution in [3.8, 4) is 0 Å². The van der Waals surface area contributed by atoms with E-state index in [4.69, 9.17) is 5.73 Å². The molecule has 1 aromatic carbocycles. The maximum Gasteiger partial charge on any atom is 0.412 e. The zero-order valence-corrected chi connectivity index (χ0v) is 12.6. The maximum absolute atomic E-state index is 13.4. The number of carbonyl (C=O) groups excluding carboxylic acids is 1. The van der Waals surface area contributed by atoms with Gasteiger partial charge in [0, 0.05) is 6.54 Å². The number of nitrogens with one attached hydrogen (secondary N) is 1. The van der Waals surface area contributed by atoms with Gasteiger partial charge in [0.1, 0.15) is 5.25 Å². The molecule has 3 N–H and O–H groups in total. The summed E-state index contributed by atoms with van der Waals surface area (Å²) in [6.07, 6.45) is -4.70. The topological polar surface area (TPSA) is 67.5 Å². The Morgan fingerprint density at radius 1 is 1.39 bits per heavy atom. The average molecular weight is 353 g/mol. The summed E-state index contributed by atoms with van der Waals surface area (Å²) in [6, 6.07) is -0.0890. The van der Waals surface area contributed by atoms with Crippen LogP contribution < -0.4 is 11.1 Å². The lowest BCUT2D eigenvalue weighted by Gasteiger charge is -2.19. The number of alkyl halides is 3. The van der Waals surface area contributed by atoms with E-state index in [1.54, 1.807) is 0 Å². The number of benzene rings is 1. The molecule has 0 fully saturated rings. The summed E-state index contributed by atoms with van der Waals surface area (Å²) in [4.78, 5) is 15.2. The molecular formula is C13H12F5N3OS. The summed E-state index contributed by atoms with van der Waals surface area (Å²) in [5.41, 5.74) is 5.50. The number of amides is 1. The van der Waals surface area contributed by atoms with Crippen LogP contribution in [0, 0.1) is 18.6 Å². The number of amidine groups is 1. The molecular weight excluding hydrogens is 341 g/mol. The van der Waals surface area contributed by atoms with E-state index >= 15 is 0 Å². The molecule has 23 heavy (non-hydrogen) atoms. The van der Waals surface area contributed by atoms with Crippen LogP contribution in [0.3, 0.4) is 0 Å². The van der Waals surface area contributed by atoms with Gasteiger partial charge in [-0.2, -0.15) is 13.2 Å². The SMILES string of the molecule is Cc1c(CNC(=O)C2SC(N)=NC2C(F)(F)F)ccc(F)c1F. The van der Waals surface area contributed by atoms with Gasteiger partial charge in [-0.25, -0.2) is 13.8 Å². The summed E-state index contributed by atoms with van der Waals surface area (Å²) < 4.78 is 64.9. The molecule has 0 saturated heterocycles. The van der Waals surface area contributed by atoms with Crippen molar-refractivity contribution in [3.05, 3.63) is 34.9 Å². The summed E-state index contributed by atoms with van der Waals surface area (Å²) in [7, 11) is 0. The predicted molar refractivity (Wildman–Crippen MR) is 75.8 cm³/mol. The lowest BCUT2D eigenvalue weighted by atomic mass is 10.1. The van der Waals surface area contributed by atoms with E-state index < -0.39 is 35.0 Å². The zero-order chi connectivity index (χ0) is 17.4. The molecule has 0 radical (unpaired) electrons. The van der Waals surface area contributed by atoms with Crippen molar-refractivity contribution in [1.29, 1.82) is 0 Å². The fourth-order valence-corrected chi connectivity index (χ4v) is 3.01. The monoisotopic (exact) mass is 353 g/mol. The fraction of sp³-hybridized carbons (Fsp3) is 0.385. The van der Waals surface area contributed by atoms with Gasteiger partial charge >= 0.3 is 6.18 Å². The van der Waals surface area contributed by atoms with Crippen LogP contribution >= 0.6 is 11.8 Å². The standard InChI is InChI=1S/C13H12F5N3OS/c1-5-6(2-3-7(14)8(5)15)4-20-11(22)9-10(13(16,17)18)21-12(19)23-9/h2-3,9-10H,4H2,1H3,(H2,19,21)(H,20,22). The highest BCUT2D eigenvalue weighted by Crippen LogP contribution is 2.36. The van der Waals surface area contributed by atoms with Gasteiger partial charge in [0.25, 0.3) is 0 Å². The third kappa shape index (κ3) is 3.74. The number of nitrogens with two attached hydrogens (primary N) is 1. The molecule has 1 aromatic rings. The number of thioether (sulfide) groups is 1. The fourth-order valence-electron chi connectivity index (χ4n) is 2.04. The van der Waals surface area contributed by atoms with Crippen molar-refractivity contribution in [3.63, 3.8) is 0 Å². The highest BCUT2D eigenvalue weighted by Gasteiger charge is 2.51. The molecule has 0 aliphatic carbocycles. The van der Waals surface area contributed by atoms with Gasteiger partial charge in [0.05, 0.1) is 0 Å². The molecule has 1 heterocycles. The number of hydrogen-bond donors (Lipinski definition) is 2. The Hall–Kier alpha value is -1.84. The molecule has 2 rings (SSSR count). The first-order chi connectivity index (χ1) is 10.6. The molecule has 2 unspecified atom stereocenters. The van der Waals surface area contributed by atoms with Gasteiger partial charge in [-0.1, -0.05) is 17.8 Å². The van der Waals surface area contributed by atoms with Crippen molar-refractivity contribution in [2.24, 2.45) is 10.7 Å². The van der Waals surface area contributed by atoms with Gasteiger partial charge in [-0.15, -0.1) is 0 Å². The van der Waals surface area contributed by atoms with Gasteiger partial charge in [0.15, 0.2) is 22.8 Å². The van der Waals surface area contributed by atoms with Crippen LogP contribution in [-0.4, -0.2) is 28.5 Å². The Morgan fingerprint density at radius 3 is 2.65 bits per heavy atom. The maximum atomic E-state index is 13.4. The predicted octanol–water partition coefficient (Wildman–Crippen LogP) is 2.25. The van der Waals surface area contributed by atoms with E-state index in [1.807, 2.05) is 0 Å². The van der Waals surface area contributed by atoms with Crippen LogP contribution in [0.2, 0.25) is 0 Å². The summed E-state index contributed by atoms with van der Waals surface area (Å²) in [5, 5.41) is 0.409. The number of nitrogens with zero attached hydrogens (tertiary/aromatic N) is 1. The normalized spacial score (nSPS) is 21.2. The highest BCUT2D eigenvalue weighted by molar-refractivity contribution is 8.15. The van der Waals surface area contributed by atoms with E-state index in [0.29, 0.717) is 11.8 Å². The Bertz CT molecular complexity index is 662. The van der Waals surface area contributed by atoms with Crippen LogP contribution in [-0.2, 0) is 11.3 Å². The number of halogens is 5. The van der Waals surface area contributed by atoms with Crippen molar-refractivity contribution in [1.82, 2.24) is 5.32 Å². The summed E-state index contributed by atoms with van der Waals surface area (Å²) in [6.45, 7) is 1.08. The molecule has 1 amide bonds. The minimum absolute atomic E-state index is 0.0208. The zero-order valence-electron chi connectivity index (χ0n) is 11.7. The smallest absolute Gasteiger partial charge is 0.379 e. The Kier molecular flexibility index (Phi) is 4.83. The molecule has 0 saturated carbocycles. The second kappa shape index (κ2) is 6.34. The third-order valence-corrected chi connectivity index (χ3v) is 4.37. The molecule has 126 valence electrons. The van der Waals surface area contributed by atoms with Crippen LogP contribution in [0.15, 0.2) is 17.1 Å². The Balaban J connectivity index is 2.07. The van der Waals surface area contributed by atoms with Crippen molar-refractivity contribution >= 4 is 22.8 Å². The molecule has 0 aromatic heterocycles. The first-order valence-electron chi connectivity index (χ1n) is 6.39. The van der Waals surface area contributed by atoms with E-state index in [0.717, 1.165) is 6.07 Å². The van der Waals surface area contributed by atoms with Crippen molar-refractivity contribution < 1.29 is 26.7 Å². The molecule has 10 heteroatoms. The summed E-state index contributed by atoms with van der Waals surface area (Å²) >= 11 is 0.515. The van der Waals surface area contributed by atoms with Crippen molar-refractivity contribution in [2.75, 3.05) is 0 Å². The van der Waals surface area contributed by atoms with Gasteiger partial charge < -0.3 is 11.1 Å². The number of carbonyl (C=O) groups is 1. The van der Waals surface area contributed by atoms with Gasteiger partial charge in [-0.3, -0.25) is 4.79 Å². The summed E-state index contributed by atoms with van der Waals surface area (Å²) in [5.74, 6) is -3.03. The third-order valence-electron chi connectivity index (χ3n) is 3.30. The molecule has 1 aliphatic rings. The lowest BCUT2D eigenvalue weighted by Crippen LogP contribution is -2.44. The van der Waals surface area contributed by atoms with Crippen molar-refractivity contribution in [2.45, 2.75) is 30.9 Å². The second-order valence-corrected chi connectivity index (χ2v) is 6.02. The number of rotatable bonds is 3. The Labute approximate surface area is 132 Å². The average Bonchev–Trinajstić information content (AvgIpc) is 2.86. The molecule has 2 atom stereocenters. The molecule has 1 aliphatic heterocycles. The molecule has 4 nitrogen and oxygen atoms in total. The largest absolute Gasteiger partial charge is 0.412 e.